The molecule has 8 nitrogen and oxygen atoms in total. The summed E-state index contributed by atoms with van der Waals surface area (Å²) < 4.78 is 5.08. The second-order valence-electron chi connectivity index (χ2n) is 4.83. The summed E-state index contributed by atoms with van der Waals surface area (Å²) in [5.74, 6) is -0.118. The molecule has 0 unspecified atom stereocenters. The van der Waals surface area contributed by atoms with E-state index >= 15 is 0 Å². The fourth-order valence-electron chi connectivity index (χ4n) is 1.95. The fraction of sp³-hybridized carbons (Fsp3) is 0.125. The summed E-state index contributed by atoms with van der Waals surface area (Å²) in [5, 5.41) is 23.8. The topological polar surface area (TPSA) is 114 Å². The number of benzene rings is 2. The highest BCUT2D eigenvalue weighted by Crippen LogP contribution is 2.25. The van der Waals surface area contributed by atoms with E-state index in [0.717, 1.165) is 11.6 Å². The summed E-state index contributed by atoms with van der Waals surface area (Å²) in [6, 6.07) is 10.9. The van der Waals surface area contributed by atoms with Crippen LogP contribution in [0.3, 0.4) is 0 Å². The first-order valence-corrected chi connectivity index (χ1v) is 6.92. The maximum absolute atomic E-state index is 11.8. The van der Waals surface area contributed by atoms with Crippen LogP contribution in [-0.2, 0) is 11.2 Å². The van der Waals surface area contributed by atoms with E-state index < -0.39 is 16.4 Å². The molecule has 0 aliphatic carbocycles. The van der Waals surface area contributed by atoms with Crippen LogP contribution in [0.25, 0.3) is 0 Å². The van der Waals surface area contributed by atoms with Gasteiger partial charge in [-0.2, -0.15) is 5.10 Å². The van der Waals surface area contributed by atoms with Crippen LogP contribution in [0, 0.1) is 10.1 Å². The number of nitro benzene ring substituents is 1. The number of nitro groups is 1. The van der Waals surface area contributed by atoms with Crippen molar-refractivity contribution in [1.29, 1.82) is 0 Å². The summed E-state index contributed by atoms with van der Waals surface area (Å²) >= 11 is 0. The van der Waals surface area contributed by atoms with Crippen molar-refractivity contribution >= 4 is 17.8 Å². The molecule has 0 aliphatic heterocycles. The summed E-state index contributed by atoms with van der Waals surface area (Å²) in [5.41, 5.74) is 3.05. The number of carbonyl (C=O) groups excluding carboxylic acids is 1. The number of nitrogens with one attached hydrogen (secondary N) is 1. The van der Waals surface area contributed by atoms with Gasteiger partial charge in [0, 0.05) is 11.6 Å². The van der Waals surface area contributed by atoms with Gasteiger partial charge in [-0.05, 0) is 29.8 Å². The van der Waals surface area contributed by atoms with Gasteiger partial charge >= 0.3 is 5.69 Å². The molecule has 0 saturated heterocycles. The third-order valence-electron chi connectivity index (χ3n) is 3.10. The Bertz CT molecular complexity index is 789. The lowest BCUT2D eigenvalue weighted by molar-refractivity contribution is -0.385. The first kappa shape index (κ1) is 16.9. The SMILES string of the molecule is COc1cccc(CC(=O)N/N=C/c2ccc(O)c([N+](=O)[O-])c2)c1. The van der Waals surface area contributed by atoms with Gasteiger partial charge in [0.25, 0.3) is 0 Å². The van der Waals surface area contributed by atoms with Gasteiger partial charge < -0.3 is 9.84 Å². The third kappa shape index (κ3) is 4.54. The first-order valence-electron chi connectivity index (χ1n) is 6.92. The fourth-order valence-corrected chi connectivity index (χ4v) is 1.95. The maximum atomic E-state index is 11.8. The van der Waals surface area contributed by atoms with Gasteiger partial charge in [0.2, 0.25) is 5.91 Å². The lowest BCUT2D eigenvalue weighted by Crippen LogP contribution is -2.19. The van der Waals surface area contributed by atoms with Crippen molar-refractivity contribution in [2.75, 3.05) is 7.11 Å². The van der Waals surface area contributed by atoms with Crippen LogP contribution in [0.5, 0.6) is 11.5 Å². The monoisotopic (exact) mass is 329 g/mol. The molecule has 124 valence electrons. The van der Waals surface area contributed by atoms with Crippen LogP contribution in [0.2, 0.25) is 0 Å². The number of hydrogen-bond acceptors (Lipinski definition) is 6. The van der Waals surface area contributed by atoms with Crippen LogP contribution in [-0.4, -0.2) is 29.3 Å². The van der Waals surface area contributed by atoms with E-state index in [9.17, 15) is 20.0 Å². The number of nitrogens with zero attached hydrogens (tertiary/aromatic N) is 2. The Morgan fingerprint density at radius 1 is 1.38 bits per heavy atom. The first-order chi connectivity index (χ1) is 11.5. The molecule has 0 atom stereocenters. The van der Waals surface area contributed by atoms with Crippen LogP contribution >= 0.6 is 0 Å². The molecule has 1 amide bonds. The van der Waals surface area contributed by atoms with E-state index in [4.69, 9.17) is 4.74 Å². The normalized spacial score (nSPS) is 10.5. The lowest BCUT2D eigenvalue weighted by Gasteiger charge is -2.03. The molecule has 0 saturated carbocycles. The number of hydrogen-bond donors (Lipinski definition) is 2. The average molecular weight is 329 g/mol. The molecule has 8 heteroatoms. The zero-order valence-corrected chi connectivity index (χ0v) is 12.8. The molecule has 0 spiro atoms. The van der Waals surface area contributed by atoms with Crippen LogP contribution in [0.4, 0.5) is 5.69 Å². The van der Waals surface area contributed by atoms with Crippen LogP contribution in [0.1, 0.15) is 11.1 Å². The molecule has 0 aliphatic rings. The van der Waals surface area contributed by atoms with Gasteiger partial charge in [0.05, 0.1) is 24.7 Å². The number of rotatable bonds is 6. The van der Waals surface area contributed by atoms with Gasteiger partial charge in [0.15, 0.2) is 5.75 Å². The maximum Gasteiger partial charge on any atom is 0.311 e. The summed E-state index contributed by atoms with van der Waals surface area (Å²) in [7, 11) is 1.54. The van der Waals surface area contributed by atoms with Crippen molar-refractivity contribution in [3.8, 4) is 11.5 Å². The molecular weight excluding hydrogens is 314 g/mol. The predicted molar refractivity (Wildman–Crippen MR) is 87.2 cm³/mol. The van der Waals surface area contributed by atoms with E-state index in [1.807, 2.05) is 0 Å². The van der Waals surface area contributed by atoms with Gasteiger partial charge in [-0.3, -0.25) is 14.9 Å². The van der Waals surface area contributed by atoms with E-state index in [-0.39, 0.29) is 12.3 Å². The highest BCUT2D eigenvalue weighted by molar-refractivity contribution is 5.84. The van der Waals surface area contributed by atoms with Crippen molar-refractivity contribution in [3.05, 3.63) is 63.7 Å². The summed E-state index contributed by atoms with van der Waals surface area (Å²) in [4.78, 5) is 21.8. The number of carbonyl (C=O) groups is 1. The predicted octanol–water partition coefficient (Wildman–Crippen LogP) is 2.00. The Labute approximate surface area is 137 Å². The minimum absolute atomic E-state index is 0.115. The van der Waals surface area contributed by atoms with Crippen molar-refractivity contribution in [1.82, 2.24) is 5.43 Å². The molecule has 2 N–H and O–H groups in total. The number of phenolic OH excluding ortho intramolecular Hbond substituents is 1. The third-order valence-corrected chi connectivity index (χ3v) is 3.10. The van der Waals surface area contributed by atoms with Crippen molar-refractivity contribution in [2.24, 2.45) is 5.10 Å². The number of phenols is 1. The Morgan fingerprint density at radius 3 is 2.88 bits per heavy atom. The van der Waals surface area contributed by atoms with E-state index in [2.05, 4.69) is 10.5 Å². The standard InChI is InChI=1S/C16H15N3O5/c1-24-13-4-2-3-11(7-13)9-16(21)18-17-10-12-5-6-15(20)14(8-12)19(22)23/h2-8,10,20H,9H2,1H3,(H,18,21)/b17-10+. The zero-order chi connectivity index (χ0) is 17.5. The van der Waals surface area contributed by atoms with Gasteiger partial charge in [-0.25, -0.2) is 5.43 Å². The van der Waals surface area contributed by atoms with E-state index in [1.165, 1.54) is 18.3 Å². The number of methoxy groups -OCH3 is 1. The molecule has 0 heterocycles. The summed E-state index contributed by atoms with van der Waals surface area (Å²) in [6.45, 7) is 0. The number of hydrazone groups is 1. The molecule has 0 fully saturated rings. The number of ether oxygens (including phenoxy) is 1. The molecule has 0 bridgehead atoms. The Kier molecular flexibility index (Phi) is 5.45. The molecule has 2 aromatic rings. The molecule has 0 aromatic heterocycles. The van der Waals surface area contributed by atoms with Crippen molar-refractivity contribution in [3.63, 3.8) is 0 Å². The largest absolute Gasteiger partial charge is 0.502 e. The highest BCUT2D eigenvalue weighted by atomic mass is 16.6. The Hall–Kier alpha value is -3.42. The zero-order valence-electron chi connectivity index (χ0n) is 12.8. The van der Waals surface area contributed by atoms with Crippen LogP contribution < -0.4 is 10.2 Å². The smallest absolute Gasteiger partial charge is 0.311 e. The minimum Gasteiger partial charge on any atom is -0.502 e. The highest BCUT2D eigenvalue weighted by Gasteiger charge is 2.12. The van der Waals surface area contributed by atoms with E-state index in [1.54, 1.807) is 31.4 Å². The number of aromatic hydroxyl groups is 1. The van der Waals surface area contributed by atoms with Gasteiger partial charge in [-0.1, -0.05) is 12.1 Å². The minimum atomic E-state index is -0.700. The van der Waals surface area contributed by atoms with E-state index in [0.29, 0.717) is 11.3 Å². The van der Waals surface area contributed by atoms with Gasteiger partial charge in [-0.15, -0.1) is 0 Å². The Morgan fingerprint density at radius 2 is 2.17 bits per heavy atom. The Balaban J connectivity index is 1.97. The average Bonchev–Trinajstić information content (AvgIpc) is 2.56. The molecule has 24 heavy (non-hydrogen) atoms. The molecular formula is C16H15N3O5. The lowest BCUT2D eigenvalue weighted by atomic mass is 10.1. The van der Waals surface area contributed by atoms with Gasteiger partial charge in [0.1, 0.15) is 5.75 Å². The second kappa shape index (κ2) is 7.73. The van der Waals surface area contributed by atoms with Crippen LogP contribution in [0.15, 0.2) is 47.6 Å². The summed E-state index contributed by atoms with van der Waals surface area (Å²) in [6.07, 6.45) is 1.38. The molecule has 0 radical (unpaired) electrons. The number of amides is 1. The quantitative estimate of drug-likeness (QED) is 0.478. The van der Waals surface area contributed by atoms with Crippen molar-refractivity contribution in [2.45, 2.75) is 6.42 Å². The molecule has 2 rings (SSSR count). The van der Waals surface area contributed by atoms with Crippen molar-refractivity contribution < 1.29 is 19.6 Å². The molecule has 2 aromatic carbocycles. The second-order valence-corrected chi connectivity index (χ2v) is 4.83.